The van der Waals surface area contributed by atoms with E-state index in [9.17, 15) is 43.2 Å². The zero-order chi connectivity index (χ0) is 40.1. The van der Waals surface area contributed by atoms with Crippen molar-refractivity contribution in [1.82, 2.24) is 0 Å². The van der Waals surface area contributed by atoms with Crippen LogP contribution in [-0.2, 0) is 43.2 Å². The van der Waals surface area contributed by atoms with Crippen molar-refractivity contribution in [3.05, 3.63) is 0 Å². The number of Topliss-reactive ketones (excluding diaryl/α,β-unsaturated/α-hetero) is 9. The Bertz CT molecular complexity index is 1230. The normalized spacial score (nSPS) is 15.0. The molecule has 0 aromatic carbocycles. The molecule has 0 rings (SSSR count). The van der Waals surface area contributed by atoms with Crippen LogP contribution < -0.4 is 0 Å². The molecule has 296 valence electrons. The van der Waals surface area contributed by atoms with Crippen LogP contribution in [0.1, 0.15) is 172 Å². The van der Waals surface area contributed by atoms with Crippen molar-refractivity contribution in [2.75, 3.05) is 0 Å². The predicted octanol–water partition coefficient (Wildman–Crippen LogP) is 8.48. The van der Waals surface area contributed by atoms with Gasteiger partial charge in [-0.15, -0.1) is 0 Å². The fourth-order valence-corrected chi connectivity index (χ4v) is 6.94. The molecule has 0 heterocycles. The Morgan fingerprint density at radius 3 is 1.08 bits per heavy atom. The highest BCUT2D eigenvalue weighted by molar-refractivity contribution is 5.95. The van der Waals surface area contributed by atoms with E-state index < -0.39 is 23.7 Å². The highest BCUT2D eigenvalue weighted by atomic mass is 16.2. The van der Waals surface area contributed by atoms with Crippen LogP contribution in [0.4, 0.5) is 0 Å². The van der Waals surface area contributed by atoms with E-state index in [1.54, 1.807) is 0 Å². The van der Waals surface area contributed by atoms with Crippen molar-refractivity contribution in [3.63, 3.8) is 0 Å². The lowest BCUT2D eigenvalue weighted by Crippen LogP contribution is -2.30. The second-order valence-electron chi connectivity index (χ2n) is 16.4. The van der Waals surface area contributed by atoms with Crippen LogP contribution in [0.15, 0.2) is 0 Å². The number of carbonyl (C=O) groups excluding carboxylic acids is 9. The lowest BCUT2D eigenvalue weighted by Gasteiger charge is -2.25. The Labute approximate surface area is 314 Å². The van der Waals surface area contributed by atoms with Crippen LogP contribution in [0, 0.1) is 47.3 Å². The van der Waals surface area contributed by atoms with Gasteiger partial charge in [0.15, 0.2) is 0 Å². The summed E-state index contributed by atoms with van der Waals surface area (Å²) in [5, 5.41) is 0. The van der Waals surface area contributed by atoms with Gasteiger partial charge in [-0.1, -0.05) is 54.4 Å². The second-order valence-corrected chi connectivity index (χ2v) is 16.4. The molecule has 0 saturated heterocycles. The molecule has 0 bridgehead atoms. The summed E-state index contributed by atoms with van der Waals surface area (Å²) in [5.74, 6) is -4.40. The molecule has 0 saturated carbocycles. The third kappa shape index (κ3) is 21.5. The summed E-state index contributed by atoms with van der Waals surface area (Å²) in [5.41, 5.74) is 0. The highest BCUT2D eigenvalue weighted by Gasteiger charge is 2.34. The number of carbonyl (C=O) groups is 9. The summed E-state index contributed by atoms with van der Waals surface area (Å²) in [6, 6.07) is 0. The molecule has 6 unspecified atom stereocenters. The van der Waals surface area contributed by atoms with Crippen LogP contribution in [0.2, 0.25) is 0 Å². The number of hydrogen-bond acceptors (Lipinski definition) is 9. The van der Waals surface area contributed by atoms with Gasteiger partial charge >= 0.3 is 0 Å². The highest BCUT2D eigenvalue weighted by Crippen LogP contribution is 2.30. The van der Waals surface area contributed by atoms with Gasteiger partial charge < -0.3 is 19.2 Å². The first kappa shape index (κ1) is 49.0. The van der Waals surface area contributed by atoms with Gasteiger partial charge in [0.1, 0.15) is 52.0 Å². The third-order valence-electron chi connectivity index (χ3n) is 10.4. The molecule has 6 atom stereocenters. The van der Waals surface area contributed by atoms with Crippen molar-refractivity contribution < 1.29 is 43.2 Å². The standard InChI is InChI=1S/C43H70O9/c1-11-12-13-34(23-41(50)35(17-14-30(7)44)22-39(48)29(6)20-27(2)3)40(49)24-36(18-15-31(8)45)42(51)25-37(19-16-32(9)46)43(52)26-38(28(4)5)21-33(10)47/h27-29,34-38H,11-26H2,1-10H3. The van der Waals surface area contributed by atoms with Crippen LogP contribution in [-0.4, -0.2) is 52.0 Å². The van der Waals surface area contributed by atoms with Gasteiger partial charge in [0.25, 0.3) is 0 Å². The minimum absolute atomic E-state index is 0.0220. The van der Waals surface area contributed by atoms with Crippen LogP contribution >= 0.6 is 0 Å². The fourth-order valence-electron chi connectivity index (χ4n) is 6.94. The molecule has 9 heteroatoms. The molecule has 0 radical (unpaired) electrons. The molecule has 0 aromatic heterocycles. The van der Waals surface area contributed by atoms with Gasteiger partial charge in [-0.25, -0.2) is 0 Å². The monoisotopic (exact) mass is 731 g/mol. The zero-order valence-corrected chi connectivity index (χ0v) is 34.1. The Morgan fingerprint density at radius 1 is 0.423 bits per heavy atom. The first-order valence-electron chi connectivity index (χ1n) is 19.8. The average Bonchev–Trinajstić information content (AvgIpc) is 3.03. The summed E-state index contributed by atoms with van der Waals surface area (Å²) in [6.45, 7) is 17.5. The average molecular weight is 731 g/mol. The van der Waals surface area contributed by atoms with Crippen molar-refractivity contribution in [2.24, 2.45) is 47.3 Å². The molecule has 0 aromatic rings. The fraction of sp³-hybridized carbons (Fsp3) is 0.791. The molecule has 0 amide bonds. The van der Waals surface area contributed by atoms with E-state index in [-0.39, 0.29) is 147 Å². The van der Waals surface area contributed by atoms with E-state index in [1.165, 1.54) is 27.7 Å². The van der Waals surface area contributed by atoms with Gasteiger partial charge in [0, 0.05) is 87.4 Å². The molecule has 0 aliphatic carbocycles. The minimum Gasteiger partial charge on any atom is -0.300 e. The molecule has 9 nitrogen and oxygen atoms in total. The lowest BCUT2D eigenvalue weighted by atomic mass is 9.77. The van der Waals surface area contributed by atoms with E-state index in [0.29, 0.717) is 25.2 Å². The van der Waals surface area contributed by atoms with Gasteiger partial charge in [-0.2, -0.15) is 0 Å². The van der Waals surface area contributed by atoms with Crippen molar-refractivity contribution >= 4 is 52.0 Å². The SMILES string of the molecule is CCCCC(CC(=O)C(CCC(C)=O)CC(=O)C(C)CC(C)C)C(=O)CC(CCC(C)=O)C(=O)CC(CCC(C)=O)C(=O)CC(CC(C)=O)C(C)C. The molecule has 0 spiro atoms. The van der Waals surface area contributed by atoms with Gasteiger partial charge in [-0.05, 0) is 77.6 Å². The number of ketones is 9. The van der Waals surface area contributed by atoms with E-state index in [2.05, 4.69) is 0 Å². The largest absolute Gasteiger partial charge is 0.300 e. The Kier molecular flexibility index (Phi) is 24.4. The summed E-state index contributed by atoms with van der Waals surface area (Å²) >= 11 is 0. The van der Waals surface area contributed by atoms with Crippen molar-refractivity contribution in [2.45, 2.75) is 172 Å². The number of hydrogen-bond donors (Lipinski definition) is 0. The van der Waals surface area contributed by atoms with Crippen LogP contribution in [0.25, 0.3) is 0 Å². The quantitative estimate of drug-likeness (QED) is 0.0663. The van der Waals surface area contributed by atoms with Gasteiger partial charge in [0.2, 0.25) is 0 Å². The summed E-state index contributed by atoms with van der Waals surface area (Å²) in [4.78, 5) is 116. The first-order chi connectivity index (χ1) is 24.2. The predicted molar refractivity (Wildman–Crippen MR) is 204 cm³/mol. The Morgan fingerprint density at radius 2 is 0.769 bits per heavy atom. The topological polar surface area (TPSA) is 154 Å². The second kappa shape index (κ2) is 25.9. The number of unbranched alkanes of at least 4 members (excludes halogenated alkanes) is 1. The maximum absolute atomic E-state index is 14.0. The van der Waals surface area contributed by atoms with Crippen molar-refractivity contribution in [1.29, 1.82) is 0 Å². The molecule has 52 heavy (non-hydrogen) atoms. The molecular weight excluding hydrogens is 660 g/mol. The summed E-state index contributed by atoms with van der Waals surface area (Å²) in [7, 11) is 0. The van der Waals surface area contributed by atoms with Crippen molar-refractivity contribution in [3.8, 4) is 0 Å². The van der Waals surface area contributed by atoms with E-state index in [0.717, 1.165) is 6.42 Å². The van der Waals surface area contributed by atoms with Crippen LogP contribution in [0.5, 0.6) is 0 Å². The third-order valence-corrected chi connectivity index (χ3v) is 10.4. The zero-order valence-electron chi connectivity index (χ0n) is 34.1. The minimum atomic E-state index is -0.839. The Balaban J connectivity index is 6.29. The number of rotatable bonds is 32. The summed E-state index contributed by atoms with van der Waals surface area (Å²) < 4.78 is 0. The molecule has 0 N–H and O–H groups in total. The molecule has 0 aliphatic rings. The van der Waals surface area contributed by atoms with Gasteiger partial charge in [-0.3, -0.25) is 24.0 Å². The molecule has 0 fully saturated rings. The lowest BCUT2D eigenvalue weighted by molar-refractivity contribution is -0.135. The van der Waals surface area contributed by atoms with E-state index >= 15 is 0 Å². The molecular formula is C43H70O9. The maximum atomic E-state index is 14.0. The first-order valence-corrected chi connectivity index (χ1v) is 19.8. The molecule has 0 aliphatic heterocycles. The Hall–Kier alpha value is -2.97. The smallest absolute Gasteiger partial charge is 0.137 e. The van der Waals surface area contributed by atoms with E-state index in [1.807, 2.05) is 41.5 Å². The van der Waals surface area contributed by atoms with Gasteiger partial charge in [0.05, 0.1) is 0 Å². The van der Waals surface area contributed by atoms with E-state index in [4.69, 9.17) is 0 Å². The maximum Gasteiger partial charge on any atom is 0.137 e. The summed E-state index contributed by atoms with van der Waals surface area (Å²) in [6.07, 6.45) is 3.41. The van der Waals surface area contributed by atoms with Crippen LogP contribution in [0.3, 0.4) is 0 Å².